The zero-order chi connectivity index (χ0) is 11.9. The minimum Gasteiger partial charge on any atom is -0.495 e. The van der Waals surface area contributed by atoms with Crippen LogP contribution in [0.1, 0.15) is 0 Å². The van der Waals surface area contributed by atoms with Gasteiger partial charge in [0.1, 0.15) is 5.75 Å². The summed E-state index contributed by atoms with van der Waals surface area (Å²) in [6, 6.07) is 7.46. The first-order chi connectivity index (χ1) is 6.88. The Morgan fingerprint density at radius 1 is 1.33 bits per heavy atom. The monoisotopic (exact) mass is 236 g/mol. The predicted octanol–water partition coefficient (Wildman–Crippen LogP) is 0.0522. The van der Waals surface area contributed by atoms with Gasteiger partial charge in [-0.25, -0.2) is 4.57 Å². The van der Waals surface area contributed by atoms with Crippen LogP contribution in [0.15, 0.2) is 24.3 Å². The molecule has 86 valence electrons. The molecule has 0 aromatic heterocycles. The number of rotatable bonds is 2. The summed E-state index contributed by atoms with van der Waals surface area (Å²) in [6.45, 7) is 0. The van der Waals surface area contributed by atoms with Crippen molar-refractivity contribution in [2.24, 2.45) is 5.84 Å². The molecular weight excluding hydrogens is 223 g/mol. The highest BCUT2D eigenvalue weighted by Gasteiger charge is 2.00. The molecule has 0 aliphatic carbocycles. The molecule has 0 atom stereocenters. The summed E-state index contributed by atoms with van der Waals surface area (Å²) in [6.07, 6.45) is 0. The lowest BCUT2D eigenvalue weighted by Crippen LogP contribution is -2.07. The third-order valence-corrected chi connectivity index (χ3v) is 1.26. The molecule has 0 aliphatic heterocycles. The molecule has 8 heteroatoms. The van der Waals surface area contributed by atoms with E-state index in [0.29, 0.717) is 0 Å². The summed E-state index contributed by atoms with van der Waals surface area (Å²) in [7, 11) is -3.03. The Morgan fingerprint density at radius 3 is 2.13 bits per heavy atom. The van der Waals surface area contributed by atoms with Crippen molar-refractivity contribution in [2.75, 3.05) is 12.5 Å². The van der Waals surface area contributed by atoms with Crippen LogP contribution in [0.25, 0.3) is 0 Å². The smallest absolute Gasteiger partial charge is 0.466 e. The fourth-order valence-corrected chi connectivity index (χ4v) is 0.764. The van der Waals surface area contributed by atoms with E-state index in [4.69, 9.17) is 29.8 Å². The average Bonchev–Trinajstić information content (AvgIpc) is 2.15. The Kier molecular flexibility index (Phi) is 5.92. The van der Waals surface area contributed by atoms with Crippen LogP contribution in [0.4, 0.5) is 5.69 Å². The van der Waals surface area contributed by atoms with E-state index < -0.39 is 7.82 Å². The number of methoxy groups -OCH3 is 1. The predicted molar refractivity (Wildman–Crippen MR) is 55.1 cm³/mol. The number of benzene rings is 1. The number of nitrogens with one attached hydrogen (secondary N) is 1. The normalized spacial score (nSPS) is 9.93. The van der Waals surface area contributed by atoms with Gasteiger partial charge in [-0.15, -0.1) is 0 Å². The molecule has 1 aromatic carbocycles. The van der Waals surface area contributed by atoms with Crippen LogP contribution in [0, 0.1) is 0 Å². The van der Waals surface area contributed by atoms with Crippen molar-refractivity contribution in [1.29, 1.82) is 0 Å². The van der Waals surface area contributed by atoms with Gasteiger partial charge < -0.3 is 24.8 Å². The average molecular weight is 236 g/mol. The second-order valence-electron chi connectivity index (χ2n) is 2.36. The van der Waals surface area contributed by atoms with Crippen LogP contribution < -0.4 is 16.0 Å². The first kappa shape index (κ1) is 13.9. The summed E-state index contributed by atoms with van der Waals surface area (Å²) in [4.78, 5) is 21.6. The molecule has 0 fully saturated rings. The van der Waals surface area contributed by atoms with Crippen LogP contribution >= 0.6 is 7.82 Å². The van der Waals surface area contributed by atoms with E-state index in [1.807, 2.05) is 24.3 Å². The summed E-state index contributed by atoms with van der Waals surface area (Å²) < 4.78 is 13.9. The molecule has 6 N–H and O–H groups in total. The van der Waals surface area contributed by atoms with E-state index in [1.54, 1.807) is 7.11 Å². The fourth-order valence-electron chi connectivity index (χ4n) is 0.764. The lowest BCUT2D eigenvalue weighted by atomic mass is 10.3. The molecule has 0 spiro atoms. The van der Waals surface area contributed by atoms with E-state index in [-0.39, 0.29) is 0 Å². The number of ether oxygens (including phenoxy) is 1. The second kappa shape index (κ2) is 6.39. The van der Waals surface area contributed by atoms with Crippen LogP contribution in [0.3, 0.4) is 0 Å². The minimum atomic E-state index is -4.64. The molecule has 0 amide bonds. The first-order valence-electron chi connectivity index (χ1n) is 3.76. The zero-order valence-corrected chi connectivity index (χ0v) is 8.89. The molecule has 1 aromatic rings. The molecule has 1 rings (SSSR count). The van der Waals surface area contributed by atoms with Gasteiger partial charge in [0.25, 0.3) is 0 Å². The van der Waals surface area contributed by atoms with Crippen molar-refractivity contribution in [3.05, 3.63) is 24.3 Å². The van der Waals surface area contributed by atoms with Gasteiger partial charge in [0.05, 0.1) is 12.8 Å². The Bertz CT molecular complexity index is 309. The summed E-state index contributed by atoms with van der Waals surface area (Å²) in [5, 5.41) is 0. The lowest BCUT2D eigenvalue weighted by Gasteiger charge is -2.05. The lowest BCUT2D eigenvalue weighted by molar-refractivity contribution is 0.275. The Hall–Kier alpha value is -1.11. The molecular formula is C7H13N2O5P. The van der Waals surface area contributed by atoms with Crippen molar-refractivity contribution >= 4 is 13.5 Å². The highest BCUT2D eigenvalue weighted by molar-refractivity contribution is 7.45. The largest absolute Gasteiger partial charge is 0.495 e. The zero-order valence-electron chi connectivity index (χ0n) is 7.99. The van der Waals surface area contributed by atoms with Crippen molar-refractivity contribution < 1.29 is 24.0 Å². The topological polar surface area (TPSA) is 125 Å². The number of nitrogens with two attached hydrogens (primary N) is 1. The summed E-state index contributed by atoms with van der Waals surface area (Å²) in [5.74, 6) is 5.95. The SMILES string of the molecule is COc1ccccc1NN.O=P(O)(O)O. The molecule has 0 heterocycles. The first-order valence-corrected chi connectivity index (χ1v) is 5.33. The highest BCUT2D eigenvalue weighted by atomic mass is 31.2. The van der Waals surface area contributed by atoms with Gasteiger partial charge in [-0.3, -0.25) is 5.84 Å². The molecule has 0 saturated carbocycles. The van der Waals surface area contributed by atoms with Crippen molar-refractivity contribution in [3.63, 3.8) is 0 Å². The Labute approximate surface area is 86.7 Å². The Balaban J connectivity index is 0.000000336. The number of hydrogen-bond acceptors (Lipinski definition) is 4. The van der Waals surface area contributed by atoms with Gasteiger partial charge in [-0.05, 0) is 12.1 Å². The highest BCUT2D eigenvalue weighted by Crippen LogP contribution is 2.25. The van der Waals surface area contributed by atoms with E-state index in [2.05, 4.69) is 5.43 Å². The standard InChI is InChI=1S/C7H10N2O.H3O4P/c1-10-7-5-3-2-4-6(7)9-8;1-5(2,3)4/h2-5,9H,8H2,1H3;(H3,1,2,3,4). The van der Waals surface area contributed by atoms with E-state index in [1.165, 1.54) is 0 Å². The number of para-hydroxylation sites is 2. The molecule has 0 unspecified atom stereocenters. The maximum absolute atomic E-state index is 8.88. The van der Waals surface area contributed by atoms with E-state index in [0.717, 1.165) is 11.4 Å². The molecule has 15 heavy (non-hydrogen) atoms. The summed E-state index contributed by atoms with van der Waals surface area (Å²) >= 11 is 0. The number of anilines is 1. The quantitative estimate of drug-likeness (QED) is 0.279. The number of nitrogen functional groups attached to an aromatic ring is 1. The van der Waals surface area contributed by atoms with Gasteiger partial charge in [0, 0.05) is 0 Å². The molecule has 0 aliphatic rings. The Morgan fingerprint density at radius 2 is 1.80 bits per heavy atom. The van der Waals surface area contributed by atoms with Crippen LogP contribution in [-0.4, -0.2) is 21.8 Å². The van der Waals surface area contributed by atoms with Gasteiger partial charge in [-0.1, -0.05) is 12.1 Å². The molecule has 0 saturated heterocycles. The maximum Gasteiger partial charge on any atom is 0.466 e. The van der Waals surface area contributed by atoms with Gasteiger partial charge in [-0.2, -0.15) is 0 Å². The fraction of sp³-hybridized carbons (Fsp3) is 0.143. The van der Waals surface area contributed by atoms with Crippen molar-refractivity contribution in [3.8, 4) is 5.75 Å². The molecule has 0 bridgehead atoms. The van der Waals surface area contributed by atoms with Gasteiger partial charge >= 0.3 is 7.82 Å². The number of hydrazine groups is 1. The van der Waals surface area contributed by atoms with Crippen molar-refractivity contribution in [1.82, 2.24) is 0 Å². The summed E-state index contributed by atoms with van der Waals surface area (Å²) in [5.41, 5.74) is 3.32. The maximum atomic E-state index is 8.88. The van der Waals surface area contributed by atoms with Crippen LogP contribution in [0.5, 0.6) is 5.75 Å². The van der Waals surface area contributed by atoms with Crippen LogP contribution in [0.2, 0.25) is 0 Å². The number of phosphoric acid groups is 1. The van der Waals surface area contributed by atoms with E-state index >= 15 is 0 Å². The second-order valence-corrected chi connectivity index (χ2v) is 3.38. The van der Waals surface area contributed by atoms with Crippen LogP contribution in [-0.2, 0) is 4.57 Å². The third-order valence-electron chi connectivity index (χ3n) is 1.26. The third kappa shape index (κ3) is 7.92. The minimum absolute atomic E-state index is 0.755. The molecule has 7 nitrogen and oxygen atoms in total. The molecule has 0 radical (unpaired) electrons. The van der Waals surface area contributed by atoms with Gasteiger partial charge in [0.15, 0.2) is 0 Å². The van der Waals surface area contributed by atoms with E-state index in [9.17, 15) is 0 Å². The van der Waals surface area contributed by atoms with Gasteiger partial charge in [0.2, 0.25) is 0 Å². The number of hydrogen-bond donors (Lipinski definition) is 5. The van der Waals surface area contributed by atoms with Crippen molar-refractivity contribution in [2.45, 2.75) is 0 Å².